The van der Waals surface area contributed by atoms with Gasteiger partial charge in [-0.3, -0.25) is 4.79 Å². The summed E-state index contributed by atoms with van der Waals surface area (Å²) in [7, 11) is 0. The van der Waals surface area contributed by atoms with Crippen LogP contribution in [-0.4, -0.2) is 47.7 Å². The summed E-state index contributed by atoms with van der Waals surface area (Å²) in [6, 6.07) is 0. The summed E-state index contributed by atoms with van der Waals surface area (Å²) in [5.74, 6) is 0.0912. The largest absolute Gasteiger partial charge is 0.394 e. The molecule has 1 heterocycles. The number of nitrogens with zero attached hydrogens (tertiary/aromatic N) is 1. The Labute approximate surface area is 90.6 Å². The first-order valence-corrected chi connectivity index (χ1v) is 5.88. The lowest BCUT2D eigenvalue weighted by atomic mass is 10.2. The third-order valence-corrected chi connectivity index (χ3v) is 3.41. The van der Waals surface area contributed by atoms with Gasteiger partial charge in [0.05, 0.1) is 12.1 Å². The molecule has 1 saturated heterocycles. The summed E-state index contributed by atoms with van der Waals surface area (Å²) in [6.07, 6.45) is 4.96. The van der Waals surface area contributed by atoms with Crippen LogP contribution in [0.15, 0.2) is 0 Å². The van der Waals surface area contributed by atoms with E-state index < -0.39 is 0 Å². The van der Waals surface area contributed by atoms with Gasteiger partial charge in [-0.1, -0.05) is 0 Å². The maximum Gasteiger partial charge on any atom is 0.221 e. The molecule has 86 valence electrons. The zero-order chi connectivity index (χ0) is 10.7. The molecule has 0 aromatic heterocycles. The molecule has 2 fully saturated rings. The first-order valence-electron chi connectivity index (χ1n) is 5.88. The molecule has 2 aliphatic rings. The van der Waals surface area contributed by atoms with Crippen molar-refractivity contribution in [3.63, 3.8) is 0 Å². The predicted molar refractivity (Wildman–Crippen MR) is 57.5 cm³/mol. The number of hydrogen-bond donors (Lipinski definition) is 2. The third kappa shape index (κ3) is 2.92. The molecule has 0 bridgehead atoms. The number of hydrogen-bond acceptors (Lipinski definition) is 3. The highest BCUT2D eigenvalue weighted by Crippen LogP contribution is 2.34. The predicted octanol–water partition coefficient (Wildman–Crippen LogP) is 0.113. The van der Waals surface area contributed by atoms with Crippen LogP contribution < -0.4 is 5.32 Å². The third-order valence-electron chi connectivity index (χ3n) is 3.41. The minimum absolute atomic E-state index is 0.0858. The van der Waals surface area contributed by atoms with Crippen LogP contribution in [0.2, 0.25) is 0 Å². The molecule has 4 nitrogen and oxygen atoms in total. The highest BCUT2D eigenvalue weighted by atomic mass is 16.3. The lowest BCUT2D eigenvalue weighted by Gasteiger charge is -2.17. The number of aliphatic hydroxyl groups is 1. The Morgan fingerprint density at radius 2 is 2.00 bits per heavy atom. The van der Waals surface area contributed by atoms with Crippen molar-refractivity contribution in [2.24, 2.45) is 0 Å². The van der Waals surface area contributed by atoms with Crippen molar-refractivity contribution < 1.29 is 9.90 Å². The van der Waals surface area contributed by atoms with E-state index in [1.807, 2.05) is 0 Å². The van der Waals surface area contributed by atoms with E-state index >= 15 is 0 Å². The molecule has 1 aliphatic heterocycles. The lowest BCUT2D eigenvalue weighted by molar-refractivity contribution is -0.122. The van der Waals surface area contributed by atoms with Gasteiger partial charge in [-0.15, -0.1) is 0 Å². The van der Waals surface area contributed by atoms with Crippen molar-refractivity contribution in [2.45, 2.75) is 37.6 Å². The maximum absolute atomic E-state index is 11.6. The minimum atomic E-state index is -0.248. The molecular formula is C11H20N2O2. The second-order valence-corrected chi connectivity index (χ2v) is 4.79. The van der Waals surface area contributed by atoms with Gasteiger partial charge in [-0.25, -0.2) is 0 Å². The Morgan fingerprint density at radius 1 is 1.33 bits per heavy atom. The van der Waals surface area contributed by atoms with Gasteiger partial charge in [-0.05, 0) is 38.8 Å². The molecule has 1 aliphatic carbocycles. The molecule has 0 spiro atoms. The topological polar surface area (TPSA) is 52.6 Å². The van der Waals surface area contributed by atoms with E-state index in [-0.39, 0.29) is 18.1 Å². The summed E-state index contributed by atoms with van der Waals surface area (Å²) in [5.41, 5.74) is -0.248. The smallest absolute Gasteiger partial charge is 0.221 e. The van der Waals surface area contributed by atoms with E-state index in [9.17, 15) is 4.79 Å². The molecule has 0 atom stereocenters. The van der Waals surface area contributed by atoms with E-state index in [1.54, 1.807) is 0 Å². The molecular weight excluding hydrogens is 192 g/mol. The number of likely N-dealkylation sites (tertiary alicyclic amines) is 1. The summed E-state index contributed by atoms with van der Waals surface area (Å²) in [4.78, 5) is 13.9. The summed E-state index contributed by atoms with van der Waals surface area (Å²) in [5, 5.41) is 12.0. The van der Waals surface area contributed by atoms with Gasteiger partial charge in [-0.2, -0.15) is 0 Å². The maximum atomic E-state index is 11.6. The lowest BCUT2D eigenvalue weighted by Crippen LogP contribution is -2.40. The molecule has 15 heavy (non-hydrogen) atoms. The summed E-state index contributed by atoms with van der Waals surface area (Å²) < 4.78 is 0. The van der Waals surface area contributed by atoms with Crippen LogP contribution in [0, 0.1) is 0 Å². The Bertz CT molecular complexity index is 233. The van der Waals surface area contributed by atoms with E-state index in [1.165, 1.54) is 12.8 Å². The number of amides is 1. The fourth-order valence-electron chi connectivity index (χ4n) is 2.10. The van der Waals surface area contributed by atoms with Gasteiger partial charge in [0.1, 0.15) is 0 Å². The van der Waals surface area contributed by atoms with Gasteiger partial charge < -0.3 is 15.3 Å². The molecule has 1 amide bonds. The number of carbonyl (C=O) groups excluding carboxylic acids is 1. The van der Waals surface area contributed by atoms with Gasteiger partial charge in [0, 0.05) is 13.0 Å². The van der Waals surface area contributed by atoms with Crippen LogP contribution in [0.5, 0.6) is 0 Å². The van der Waals surface area contributed by atoms with Crippen molar-refractivity contribution in [1.82, 2.24) is 10.2 Å². The minimum Gasteiger partial charge on any atom is -0.394 e. The fourth-order valence-corrected chi connectivity index (χ4v) is 2.10. The van der Waals surface area contributed by atoms with Crippen LogP contribution in [0.3, 0.4) is 0 Å². The highest BCUT2D eigenvalue weighted by Gasteiger charge is 2.43. The van der Waals surface area contributed by atoms with E-state index in [0.717, 1.165) is 32.5 Å². The highest BCUT2D eigenvalue weighted by molar-refractivity contribution is 5.77. The summed E-state index contributed by atoms with van der Waals surface area (Å²) in [6.45, 7) is 3.23. The molecule has 1 saturated carbocycles. The average molecular weight is 212 g/mol. The second kappa shape index (κ2) is 4.49. The van der Waals surface area contributed by atoms with Crippen molar-refractivity contribution >= 4 is 5.91 Å². The SMILES string of the molecule is O=C(CCN1CCCC1)NC1(CO)CC1. The van der Waals surface area contributed by atoms with E-state index in [4.69, 9.17) is 5.11 Å². The number of rotatable bonds is 5. The Kier molecular flexibility index (Phi) is 3.26. The van der Waals surface area contributed by atoms with E-state index in [2.05, 4.69) is 10.2 Å². The van der Waals surface area contributed by atoms with Crippen LogP contribution in [0.1, 0.15) is 32.1 Å². The Balaban J connectivity index is 1.64. The van der Waals surface area contributed by atoms with Crippen LogP contribution in [-0.2, 0) is 4.79 Å². The number of carbonyl (C=O) groups is 1. The molecule has 0 aromatic carbocycles. The van der Waals surface area contributed by atoms with Crippen molar-refractivity contribution in [2.75, 3.05) is 26.2 Å². The zero-order valence-corrected chi connectivity index (χ0v) is 9.17. The Morgan fingerprint density at radius 3 is 2.53 bits per heavy atom. The molecule has 0 unspecified atom stereocenters. The molecule has 0 aromatic rings. The normalized spacial score (nSPS) is 24.1. The van der Waals surface area contributed by atoms with Crippen LogP contribution in [0.4, 0.5) is 0 Å². The molecule has 2 rings (SSSR count). The second-order valence-electron chi connectivity index (χ2n) is 4.79. The van der Waals surface area contributed by atoms with E-state index in [0.29, 0.717) is 6.42 Å². The molecule has 0 radical (unpaired) electrons. The number of aliphatic hydroxyl groups excluding tert-OH is 1. The van der Waals surface area contributed by atoms with Gasteiger partial charge >= 0.3 is 0 Å². The van der Waals surface area contributed by atoms with Gasteiger partial charge in [0.2, 0.25) is 5.91 Å². The van der Waals surface area contributed by atoms with Crippen molar-refractivity contribution in [3.05, 3.63) is 0 Å². The van der Waals surface area contributed by atoms with Gasteiger partial charge in [0.15, 0.2) is 0 Å². The monoisotopic (exact) mass is 212 g/mol. The quantitative estimate of drug-likeness (QED) is 0.680. The number of nitrogens with one attached hydrogen (secondary N) is 1. The van der Waals surface area contributed by atoms with Crippen molar-refractivity contribution in [1.29, 1.82) is 0 Å². The standard InChI is InChI=1S/C11H20N2O2/c14-9-11(4-5-11)12-10(15)3-8-13-6-1-2-7-13/h14H,1-9H2,(H,12,15). The van der Waals surface area contributed by atoms with Crippen LogP contribution in [0.25, 0.3) is 0 Å². The first kappa shape index (κ1) is 10.9. The fraction of sp³-hybridized carbons (Fsp3) is 0.909. The average Bonchev–Trinajstić information content (AvgIpc) is 2.80. The summed E-state index contributed by atoms with van der Waals surface area (Å²) >= 11 is 0. The Hall–Kier alpha value is -0.610. The van der Waals surface area contributed by atoms with Crippen molar-refractivity contribution in [3.8, 4) is 0 Å². The first-order chi connectivity index (χ1) is 7.24. The van der Waals surface area contributed by atoms with Gasteiger partial charge in [0.25, 0.3) is 0 Å². The molecule has 2 N–H and O–H groups in total. The zero-order valence-electron chi connectivity index (χ0n) is 9.17. The molecule has 4 heteroatoms. The van der Waals surface area contributed by atoms with Crippen LogP contribution >= 0.6 is 0 Å².